The van der Waals surface area contributed by atoms with Crippen LogP contribution in [0.2, 0.25) is 0 Å². The van der Waals surface area contributed by atoms with Crippen LogP contribution in [0.1, 0.15) is 39.1 Å². The van der Waals surface area contributed by atoms with E-state index >= 15 is 0 Å². The van der Waals surface area contributed by atoms with Crippen LogP contribution >= 0.6 is 0 Å². The Kier molecular flexibility index (Phi) is 6.12. The van der Waals surface area contributed by atoms with Crippen LogP contribution in [0, 0.1) is 0 Å². The zero-order valence-electron chi connectivity index (χ0n) is 16.0. The first-order chi connectivity index (χ1) is 13.7. The SMILES string of the molecule is CS(=O)(=O)Cc1cccc(C(=O)OCC(=O)c2cccc(N3CCCC3=O)c2)c1. The number of hydrogen-bond acceptors (Lipinski definition) is 6. The van der Waals surface area contributed by atoms with Crippen molar-refractivity contribution in [2.75, 3.05) is 24.3 Å². The topological polar surface area (TPSA) is 97.8 Å². The van der Waals surface area contributed by atoms with Crippen molar-refractivity contribution in [3.8, 4) is 0 Å². The Labute approximate surface area is 169 Å². The van der Waals surface area contributed by atoms with Gasteiger partial charge in [-0.15, -0.1) is 0 Å². The molecule has 0 unspecified atom stereocenters. The van der Waals surface area contributed by atoms with E-state index < -0.39 is 22.4 Å². The molecule has 0 atom stereocenters. The molecule has 3 rings (SSSR count). The van der Waals surface area contributed by atoms with Crippen molar-refractivity contribution in [3.63, 3.8) is 0 Å². The predicted molar refractivity (Wildman–Crippen MR) is 108 cm³/mol. The fourth-order valence-corrected chi connectivity index (χ4v) is 3.94. The minimum Gasteiger partial charge on any atom is -0.454 e. The van der Waals surface area contributed by atoms with Crippen LogP contribution in [0.15, 0.2) is 48.5 Å². The highest BCUT2D eigenvalue weighted by Crippen LogP contribution is 2.22. The van der Waals surface area contributed by atoms with Crippen LogP contribution in [0.3, 0.4) is 0 Å². The molecule has 1 aliphatic rings. The maximum Gasteiger partial charge on any atom is 0.338 e. The van der Waals surface area contributed by atoms with Gasteiger partial charge in [-0.2, -0.15) is 0 Å². The van der Waals surface area contributed by atoms with Gasteiger partial charge in [0, 0.05) is 30.5 Å². The predicted octanol–water partition coefficient (Wildman–Crippen LogP) is 2.40. The minimum atomic E-state index is -3.23. The van der Waals surface area contributed by atoms with Gasteiger partial charge in [0.15, 0.2) is 22.2 Å². The standard InChI is InChI=1S/C21H21NO6S/c1-29(26,27)14-15-5-2-7-17(11-15)21(25)28-13-19(23)16-6-3-8-18(12-16)22-10-4-9-20(22)24/h2-3,5-8,11-12H,4,9-10,13-14H2,1H3. The minimum absolute atomic E-state index is 0.0232. The summed E-state index contributed by atoms with van der Waals surface area (Å²) in [5.74, 6) is -1.26. The van der Waals surface area contributed by atoms with Crippen molar-refractivity contribution in [1.29, 1.82) is 0 Å². The number of rotatable bonds is 7. The summed E-state index contributed by atoms with van der Waals surface area (Å²) in [5.41, 5.74) is 1.64. The number of ketones is 1. The Balaban J connectivity index is 1.64. The number of benzene rings is 2. The van der Waals surface area contributed by atoms with Gasteiger partial charge in [0.25, 0.3) is 0 Å². The highest BCUT2D eigenvalue weighted by atomic mass is 32.2. The average Bonchev–Trinajstić information content (AvgIpc) is 3.10. The van der Waals surface area contributed by atoms with Crippen molar-refractivity contribution in [2.24, 2.45) is 0 Å². The summed E-state index contributed by atoms with van der Waals surface area (Å²) in [5, 5.41) is 0. The largest absolute Gasteiger partial charge is 0.454 e. The number of esters is 1. The first-order valence-electron chi connectivity index (χ1n) is 9.10. The number of carbonyl (C=O) groups excluding carboxylic acids is 3. The van der Waals surface area contributed by atoms with Crippen LogP contribution < -0.4 is 4.90 Å². The Morgan fingerprint density at radius 3 is 2.48 bits per heavy atom. The number of carbonyl (C=O) groups is 3. The van der Waals surface area contributed by atoms with E-state index in [4.69, 9.17) is 4.74 Å². The molecular weight excluding hydrogens is 394 g/mol. The third kappa shape index (κ3) is 5.51. The molecule has 1 amide bonds. The normalized spacial score (nSPS) is 14.1. The van der Waals surface area contributed by atoms with E-state index in [-0.39, 0.29) is 23.0 Å². The number of anilines is 1. The van der Waals surface area contributed by atoms with Crippen molar-refractivity contribution in [3.05, 3.63) is 65.2 Å². The average molecular weight is 415 g/mol. The molecule has 0 saturated carbocycles. The molecule has 7 nitrogen and oxygen atoms in total. The fraction of sp³-hybridized carbons (Fsp3) is 0.286. The Bertz CT molecular complexity index is 1060. The molecule has 152 valence electrons. The molecule has 0 radical (unpaired) electrons. The van der Waals surface area contributed by atoms with Crippen molar-refractivity contribution in [2.45, 2.75) is 18.6 Å². The Hall–Kier alpha value is -3.00. The third-order valence-electron chi connectivity index (χ3n) is 4.48. The number of sulfone groups is 1. The Morgan fingerprint density at radius 2 is 1.79 bits per heavy atom. The third-order valence-corrected chi connectivity index (χ3v) is 5.34. The van der Waals surface area contributed by atoms with E-state index in [1.165, 1.54) is 12.1 Å². The molecule has 1 saturated heterocycles. The molecule has 8 heteroatoms. The lowest BCUT2D eigenvalue weighted by Crippen LogP contribution is -2.24. The molecule has 29 heavy (non-hydrogen) atoms. The van der Waals surface area contributed by atoms with Gasteiger partial charge in [-0.25, -0.2) is 13.2 Å². The maximum absolute atomic E-state index is 12.4. The van der Waals surface area contributed by atoms with E-state index in [0.717, 1.165) is 12.7 Å². The Morgan fingerprint density at radius 1 is 1.07 bits per heavy atom. The molecule has 0 N–H and O–H groups in total. The summed E-state index contributed by atoms with van der Waals surface area (Å²) < 4.78 is 27.9. The van der Waals surface area contributed by atoms with Gasteiger partial charge < -0.3 is 9.64 Å². The summed E-state index contributed by atoms with van der Waals surface area (Å²) >= 11 is 0. The van der Waals surface area contributed by atoms with Gasteiger partial charge in [-0.05, 0) is 36.2 Å². The van der Waals surface area contributed by atoms with Crippen molar-refractivity contribution in [1.82, 2.24) is 0 Å². The van der Waals surface area contributed by atoms with Crippen LogP contribution in [-0.4, -0.2) is 45.5 Å². The van der Waals surface area contributed by atoms with Crippen LogP contribution in [-0.2, 0) is 25.1 Å². The smallest absolute Gasteiger partial charge is 0.338 e. The van der Waals surface area contributed by atoms with Gasteiger partial charge in [-0.3, -0.25) is 9.59 Å². The van der Waals surface area contributed by atoms with Crippen LogP contribution in [0.25, 0.3) is 0 Å². The molecule has 0 bridgehead atoms. The molecular formula is C21H21NO6S. The van der Waals surface area contributed by atoms with E-state index in [1.54, 1.807) is 41.3 Å². The molecule has 1 fully saturated rings. The lowest BCUT2D eigenvalue weighted by Gasteiger charge is -2.16. The quantitative estimate of drug-likeness (QED) is 0.509. The van der Waals surface area contributed by atoms with Crippen LogP contribution in [0.5, 0.6) is 0 Å². The zero-order valence-corrected chi connectivity index (χ0v) is 16.8. The molecule has 1 heterocycles. The van der Waals surface area contributed by atoms with Gasteiger partial charge >= 0.3 is 5.97 Å². The summed E-state index contributed by atoms with van der Waals surface area (Å²) in [6.07, 6.45) is 2.39. The first-order valence-corrected chi connectivity index (χ1v) is 11.2. The molecule has 2 aromatic carbocycles. The number of Topliss-reactive ketones (excluding diaryl/α,β-unsaturated/α-hetero) is 1. The van der Waals surface area contributed by atoms with Crippen LogP contribution in [0.4, 0.5) is 5.69 Å². The van der Waals surface area contributed by atoms with Gasteiger partial charge in [0.05, 0.1) is 11.3 Å². The zero-order chi connectivity index (χ0) is 21.0. The lowest BCUT2D eigenvalue weighted by molar-refractivity contribution is -0.117. The maximum atomic E-state index is 12.4. The van der Waals surface area contributed by atoms with Crippen molar-refractivity contribution < 1.29 is 27.5 Å². The second-order valence-corrected chi connectivity index (χ2v) is 9.11. The first kappa shape index (κ1) is 20.7. The summed E-state index contributed by atoms with van der Waals surface area (Å²) in [7, 11) is -3.23. The summed E-state index contributed by atoms with van der Waals surface area (Å²) in [6.45, 7) is 0.168. The van der Waals surface area contributed by atoms with Gasteiger partial charge in [-0.1, -0.05) is 24.3 Å². The molecule has 2 aromatic rings. The second-order valence-electron chi connectivity index (χ2n) is 6.97. The highest BCUT2D eigenvalue weighted by Gasteiger charge is 2.22. The number of hydrogen-bond donors (Lipinski definition) is 0. The second kappa shape index (κ2) is 8.57. The number of ether oxygens (including phenoxy) is 1. The van der Waals surface area contributed by atoms with E-state index in [2.05, 4.69) is 0 Å². The number of nitrogens with zero attached hydrogens (tertiary/aromatic N) is 1. The summed E-state index contributed by atoms with van der Waals surface area (Å²) in [6, 6.07) is 12.8. The molecule has 0 aromatic heterocycles. The lowest BCUT2D eigenvalue weighted by atomic mass is 10.1. The van der Waals surface area contributed by atoms with Gasteiger partial charge in [0.1, 0.15) is 0 Å². The van der Waals surface area contributed by atoms with E-state index in [9.17, 15) is 22.8 Å². The number of amides is 1. The molecule has 1 aliphatic heterocycles. The summed E-state index contributed by atoms with van der Waals surface area (Å²) in [4.78, 5) is 38.2. The molecule has 0 aliphatic carbocycles. The van der Waals surface area contributed by atoms with Crippen molar-refractivity contribution >= 4 is 33.2 Å². The van der Waals surface area contributed by atoms with E-state index in [1.807, 2.05) is 0 Å². The monoisotopic (exact) mass is 415 g/mol. The van der Waals surface area contributed by atoms with Gasteiger partial charge in [0.2, 0.25) is 5.91 Å². The highest BCUT2D eigenvalue weighted by molar-refractivity contribution is 7.89. The fourth-order valence-electron chi connectivity index (χ4n) is 3.16. The molecule has 0 spiro atoms. The van der Waals surface area contributed by atoms with E-state index in [0.29, 0.717) is 29.8 Å².